The zero-order valence-corrected chi connectivity index (χ0v) is 71.1. The number of nitrogens with zero attached hydrogens (tertiary/aromatic N) is 5. The van der Waals surface area contributed by atoms with Crippen molar-refractivity contribution < 1.29 is 70.2 Å². The number of nitrogen functional groups attached to an aromatic ring is 1. The zero-order chi connectivity index (χ0) is 88.1. The third-order valence-corrected chi connectivity index (χ3v) is 19.5. The molecule has 17 rings (SSSR count). The van der Waals surface area contributed by atoms with Crippen molar-refractivity contribution in [3.05, 3.63) is 332 Å². The molecule has 0 atom stereocenters. The van der Waals surface area contributed by atoms with Crippen LogP contribution in [0.1, 0.15) is 219 Å². The van der Waals surface area contributed by atoms with Gasteiger partial charge in [0.2, 0.25) is 6.79 Å². The standard InChI is InChI=1S/C12H10O.C11H9NO.C10H8N2O.C10H9NO.C9H8O3.C9H8O.C8H8O.C7H6F3N.C7H8N2O.C7H13NO.C6H5BrOS.6CH4/c1-9(13)11-7-6-10-4-2-3-5-12(10)8-11;1-8(13)10-7-6-9-4-2-3-5-11(9)12-10;1-7(13)8-2-3-9-5-11-6-12-10(9)4-8;1-7(12)8-2-3-10-9(6-8)4-5-11-10;1-6(10)7-2-3-8-9(4-7)12-5-11-8;1-7-6-8-4-2-3-5-9(8)10-7;1-7(9)8-5-3-2-4-6-8;1-5-2-3-6(11-4-5)7(8,9)10;1-5(10)6-2-3-7(8)9-4-6;1-6(9)7-2-4-8-5-3-7;1-4(8)5-2-3-6(7)9-5;;;;;;/h2-8H,1H3;2-7H,1H3;2-6H,1H3;2-6,11H,1H3;2-4H,5H2,1H3;2-6H,1H3;2-6H,1H3;2-4H,1H3;2-4H,1H3,(H2,8,9);7-8H,2-5H2,1H3;2-3H,1H3;6*1H4. The summed E-state index contributed by atoms with van der Waals surface area (Å²) in [7, 11) is 0. The number of ether oxygens (including phenoxy) is 2. The van der Waals surface area contributed by atoms with Gasteiger partial charge in [-0.05, 0) is 237 Å². The molecule has 25 heteroatoms. The number of alkyl halides is 3. The first-order valence-corrected chi connectivity index (χ1v) is 39.6. The summed E-state index contributed by atoms with van der Waals surface area (Å²) in [5.74, 6) is 4.06. The quantitative estimate of drug-likeness (QED) is 0.113. The number of Topliss-reactive ketones (excluding diaryl/α,β-unsaturated/α-hetero) is 9. The van der Waals surface area contributed by atoms with Gasteiger partial charge in [-0.1, -0.05) is 172 Å². The van der Waals surface area contributed by atoms with Crippen LogP contribution in [-0.2, 0) is 11.0 Å². The number of hydrogen-bond donors (Lipinski definition) is 3. The summed E-state index contributed by atoms with van der Waals surface area (Å²) in [5, 5.41) is 9.79. The van der Waals surface area contributed by atoms with Crippen LogP contribution in [0.2, 0.25) is 0 Å². The molecule has 0 saturated carbocycles. The Bertz CT molecular complexity index is 5770. The number of H-pyrrole nitrogens is 1. The molecule has 0 bridgehead atoms. The number of piperidine rings is 1. The van der Waals surface area contributed by atoms with Crippen LogP contribution in [0.5, 0.6) is 11.5 Å². The number of nitrogens with two attached hydrogens (primary N) is 1. The van der Waals surface area contributed by atoms with Crippen LogP contribution in [-0.4, -0.2) is 102 Å². The number of fused-ring (bicyclic) bond motifs is 6. The minimum atomic E-state index is -4.33. The van der Waals surface area contributed by atoms with Gasteiger partial charge in [-0.3, -0.25) is 48.1 Å². The highest BCUT2D eigenvalue weighted by atomic mass is 79.9. The van der Waals surface area contributed by atoms with Gasteiger partial charge in [0.25, 0.3) is 0 Å². The minimum absolute atomic E-state index is 0. The highest BCUT2D eigenvalue weighted by Crippen LogP contribution is 2.33. The molecule has 0 amide bonds. The summed E-state index contributed by atoms with van der Waals surface area (Å²) in [6, 6.07) is 72.0. The van der Waals surface area contributed by atoms with Crippen molar-refractivity contribution in [3.8, 4) is 11.5 Å². The molecule has 0 spiro atoms. The van der Waals surface area contributed by atoms with Crippen molar-refractivity contribution in [2.45, 2.75) is 140 Å². The number of para-hydroxylation sites is 2. The number of thiophene rings is 1. The summed E-state index contributed by atoms with van der Waals surface area (Å²) in [6.45, 7) is 20.0. The van der Waals surface area contributed by atoms with E-state index in [4.69, 9.17) is 19.6 Å². The molecule has 0 unspecified atom stereocenters. The number of aromatic amines is 1. The van der Waals surface area contributed by atoms with Gasteiger partial charge in [0, 0.05) is 98.1 Å². The van der Waals surface area contributed by atoms with Gasteiger partial charge < -0.3 is 29.9 Å². The fourth-order valence-electron chi connectivity index (χ4n) is 11.0. The topological polar surface area (TPSA) is 304 Å². The largest absolute Gasteiger partial charge is 0.461 e. The predicted molar refractivity (Wildman–Crippen MR) is 515 cm³/mol. The fraction of sp³-hybridized carbons (Fsp3) is 0.235. The number of ketones is 9. The summed E-state index contributed by atoms with van der Waals surface area (Å²) in [5.41, 5.74) is 13.7. The minimum Gasteiger partial charge on any atom is -0.461 e. The monoisotopic (exact) mass is 1810 g/mol. The molecule has 670 valence electrons. The van der Waals surface area contributed by atoms with Crippen LogP contribution in [0.25, 0.3) is 54.5 Å². The number of carbonyl (C=O) groups is 9. The smallest absolute Gasteiger partial charge is 0.433 e. The Morgan fingerprint density at radius 1 is 0.441 bits per heavy atom. The van der Waals surface area contributed by atoms with E-state index in [-0.39, 0.29) is 97.6 Å². The van der Waals surface area contributed by atoms with Crippen LogP contribution in [0.3, 0.4) is 0 Å². The Hall–Kier alpha value is -13.5. The first-order chi connectivity index (χ1) is 57.7. The normalized spacial score (nSPS) is 10.8. The van der Waals surface area contributed by atoms with Crippen molar-refractivity contribution in [2.24, 2.45) is 5.92 Å². The molecule has 2 aliphatic rings. The number of anilines is 1. The van der Waals surface area contributed by atoms with Crippen molar-refractivity contribution in [3.63, 3.8) is 0 Å². The molecule has 8 aromatic carbocycles. The van der Waals surface area contributed by atoms with Crippen molar-refractivity contribution in [1.82, 2.24) is 35.2 Å². The van der Waals surface area contributed by atoms with Crippen molar-refractivity contribution in [2.75, 3.05) is 25.6 Å². The van der Waals surface area contributed by atoms with E-state index in [1.807, 2.05) is 189 Å². The molecule has 7 aromatic heterocycles. The third kappa shape index (κ3) is 37.9. The lowest BCUT2D eigenvalue weighted by molar-refractivity contribution is -0.141. The number of rotatable bonds is 9. The third-order valence-electron chi connectivity index (χ3n) is 17.7. The van der Waals surface area contributed by atoms with Gasteiger partial charge in [-0.2, -0.15) is 13.2 Å². The lowest BCUT2D eigenvalue weighted by Gasteiger charge is -2.19. The molecule has 20 nitrogen and oxygen atoms in total. The number of nitrogens with one attached hydrogen (secondary N) is 2. The number of hydrogen-bond acceptors (Lipinski definition) is 20. The van der Waals surface area contributed by atoms with Crippen LogP contribution in [0, 0.1) is 19.8 Å². The van der Waals surface area contributed by atoms with E-state index < -0.39 is 11.9 Å². The van der Waals surface area contributed by atoms with Crippen LogP contribution < -0.4 is 20.5 Å². The zero-order valence-electron chi connectivity index (χ0n) is 68.6. The maximum atomic E-state index is 11.9. The van der Waals surface area contributed by atoms with Crippen molar-refractivity contribution >= 4 is 140 Å². The summed E-state index contributed by atoms with van der Waals surface area (Å²) < 4.78 is 52.2. The van der Waals surface area contributed by atoms with E-state index in [1.165, 1.54) is 67.7 Å². The summed E-state index contributed by atoms with van der Waals surface area (Å²) in [4.78, 5) is 121. The molecular weight excluding hydrogens is 1700 g/mol. The van der Waals surface area contributed by atoms with Crippen LogP contribution in [0.4, 0.5) is 19.0 Å². The van der Waals surface area contributed by atoms with Gasteiger partial charge in [0.15, 0.2) is 57.8 Å². The van der Waals surface area contributed by atoms with E-state index in [2.05, 4.69) is 51.2 Å². The highest BCUT2D eigenvalue weighted by molar-refractivity contribution is 9.11. The van der Waals surface area contributed by atoms with E-state index in [9.17, 15) is 56.3 Å². The molecule has 2 aliphatic heterocycles. The van der Waals surface area contributed by atoms with E-state index in [0.29, 0.717) is 51.4 Å². The van der Waals surface area contributed by atoms with Gasteiger partial charge >= 0.3 is 6.18 Å². The number of benzene rings is 8. The SMILES string of the molecule is C.C.C.C.C.C.CC(=O)C1CCNCC1.CC(=O)c1ccc(Br)s1.CC(=O)c1ccc(N)nc1.CC(=O)c1ccc2[nH]ccc2c1.CC(=O)c1ccc2c(c1)OCO2.CC(=O)c1ccc2ccccc2c1.CC(=O)c1ccc2ccccc2n1.CC(=O)c1ccc2cncnc2c1.CC(=O)c1ccccc1.Cc1cc2ccccc2o1.Cc1ccc(C(F)(F)F)nc1. The van der Waals surface area contributed by atoms with E-state index in [1.54, 1.807) is 103 Å². The second-order valence-corrected chi connectivity index (χ2v) is 29.7. The van der Waals surface area contributed by atoms with E-state index in [0.717, 1.165) is 112 Å². The number of aromatic nitrogens is 6. The van der Waals surface area contributed by atoms with E-state index >= 15 is 0 Å². The Morgan fingerprint density at radius 3 is 1.50 bits per heavy atom. The van der Waals surface area contributed by atoms with Gasteiger partial charge in [-0.15, -0.1) is 11.3 Å². The molecule has 0 aliphatic carbocycles. The molecule has 9 heterocycles. The lowest BCUT2D eigenvalue weighted by atomic mass is 9.95. The second-order valence-electron chi connectivity index (χ2n) is 27.2. The molecule has 127 heavy (non-hydrogen) atoms. The molecule has 4 N–H and O–H groups in total. The Balaban J connectivity index is 0.000000697. The number of aryl methyl sites for hydroxylation is 2. The predicted octanol–water partition coefficient (Wildman–Crippen LogP) is 26.3. The number of halogens is 4. The van der Waals surface area contributed by atoms with Crippen LogP contribution >= 0.6 is 27.3 Å². The first-order valence-electron chi connectivity index (χ1n) is 38.0. The highest BCUT2D eigenvalue weighted by Gasteiger charge is 2.32. The first kappa shape index (κ1) is 112. The Kier molecular flexibility index (Phi) is 49.5. The average Bonchev–Trinajstić information content (AvgIpc) is 1.71. The van der Waals surface area contributed by atoms with Gasteiger partial charge in [-0.25, -0.2) is 19.9 Å². The molecular formula is C102H116BrF3N8O12S. The Morgan fingerprint density at radius 2 is 0.969 bits per heavy atom. The molecule has 1 saturated heterocycles. The number of furan rings is 1. The summed E-state index contributed by atoms with van der Waals surface area (Å²) >= 11 is 4.73. The number of carbonyl (C=O) groups excluding carboxylic acids is 9. The van der Waals surface area contributed by atoms with Crippen LogP contribution in [0.15, 0.2) is 276 Å². The van der Waals surface area contributed by atoms with Gasteiger partial charge in [0.05, 0.1) is 19.7 Å². The molecule has 1 fully saturated rings. The molecule has 15 aromatic rings. The fourth-order valence-corrected chi connectivity index (χ4v) is 12.3. The lowest BCUT2D eigenvalue weighted by Crippen LogP contribution is -2.30. The maximum Gasteiger partial charge on any atom is 0.433 e. The second kappa shape index (κ2) is 56.4. The van der Waals surface area contributed by atoms with Gasteiger partial charge in [0.1, 0.15) is 40.7 Å². The Labute approximate surface area is 755 Å². The maximum absolute atomic E-state index is 11.9. The summed E-state index contributed by atoms with van der Waals surface area (Å²) in [6.07, 6.45) is 5.49. The average molecular weight is 1820 g/mol. The van der Waals surface area contributed by atoms with Crippen molar-refractivity contribution in [1.29, 1.82) is 0 Å². The molecule has 0 radical (unpaired) electrons. The number of pyridine rings is 3.